The summed E-state index contributed by atoms with van der Waals surface area (Å²) in [6, 6.07) is 13.8. The lowest BCUT2D eigenvalue weighted by atomic mass is 10.1. The Hall–Kier alpha value is -2.20. The third kappa shape index (κ3) is 9.06. The van der Waals surface area contributed by atoms with Crippen LogP contribution in [0.4, 0.5) is 0 Å². The van der Waals surface area contributed by atoms with E-state index in [9.17, 15) is 4.79 Å². The van der Waals surface area contributed by atoms with Crippen LogP contribution in [0.3, 0.4) is 0 Å². The monoisotopic (exact) mass is 331 g/mol. The van der Waals surface area contributed by atoms with Crippen LogP contribution in [-0.2, 0) is 9.53 Å². The van der Waals surface area contributed by atoms with Crippen molar-refractivity contribution in [3.63, 3.8) is 0 Å². The van der Waals surface area contributed by atoms with Crippen molar-refractivity contribution in [2.45, 2.75) is 34.6 Å². The number of Topliss-reactive ketones (excluding diaryl/α,β-unsaturated/α-hetero) is 1. The maximum atomic E-state index is 10.7. The molecule has 1 aromatic heterocycles. The van der Waals surface area contributed by atoms with Crippen molar-refractivity contribution in [2.24, 2.45) is 0 Å². The van der Waals surface area contributed by atoms with E-state index in [1.54, 1.807) is 6.20 Å². The topological polar surface area (TPSA) is 48.4 Å². The zero-order valence-electron chi connectivity index (χ0n) is 15.4. The van der Waals surface area contributed by atoms with E-state index < -0.39 is 0 Å². The number of carbonyl (C=O) groups excluding carboxylic acids is 1. The highest BCUT2D eigenvalue weighted by atomic mass is 16.5. The molecule has 2 rings (SSSR count). The van der Waals surface area contributed by atoms with E-state index in [0.717, 1.165) is 11.1 Å². The molecule has 4 nitrogen and oxygen atoms in total. The summed E-state index contributed by atoms with van der Waals surface area (Å²) in [7, 11) is 0. The number of benzene rings is 1. The fourth-order valence-corrected chi connectivity index (χ4v) is 1.69. The molecule has 1 heterocycles. The third-order valence-electron chi connectivity index (χ3n) is 2.63. The Bertz CT molecular complexity index is 539. The largest absolute Gasteiger partial charge is 0.475 e. The Balaban J connectivity index is 0.00000123. The number of ketones is 1. The highest BCUT2D eigenvalue weighted by Gasteiger charge is 2.00. The van der Waals surface area contributed by atoms with Gasteiger partial charge in [-0.25, -0.2) is 4.98 Å². The number of ether oxygens (including phenoxy) is 2. The van der Waals surface area contributed by atoms with Crippen molar-refractivity contribution >= 4 is 5.78 Å². The van der Waals surface area contributed by atoms with E-state index in [2.05, 4.69) is 4.98 Å². The molecule has 2 aromatic rings. The summed E-state index contributed by atoms with van der Waals surface area (Å²) in [5.41, 5.74) is 2.17. The van der Waals surface area contributed by atoms with Gasteiger partial charge in [-0.1, -0.05) is 58.0 Å². The molecule has 0 unspecified atom stereocenters. The molecule has 0 saturated heterocycles. The van der Waals surface area contributed by atoms with Crippen LogP contribution in [0.1, 0.15) is 34.6 Å². The fraction of sp³-hybridized carbons (Fsp3) is 0.400. The molecule has 24 heavy (non-hydrogen) atoms. The molecule has 4 heteroatoms. The van der Waals surface area contributed by atoms with Crippen molar-refractivity contribution in [3.8, 4) is 17.0 Å². The Morgan fingerprint density at radius 1 is 0.917 bits per heavy atom. The van der Waals surface area contributed by atoms with E-state index in [1.165, 1.54) is 6.92 Å². The van der Waals surface area contributed by atoms with Crippen LogP contribution in [0.25, 0.3) is 11.1 Å². The quantitative estimate of drug-likeness (QED) is 0.685. The molecule has 0 fully saturated rings. The van der Waals surface area contributed by atoms with Crippen molar-refractivity contribution in [2.75, 3.05) is 19.8 Å². The van der Waals surface area contributed by atoms with Gasteiger partial charge >= 0.3 is 0 Å². The first-order valence-electron chi connectivity index (χ1n) is 8.47. The van der Waals surface area contributed by atoms with Gasteiger partial charge in [0.05, 0.1) is 6.61 Å². The van der Waals surface area contributed by atoms with Gasteiger partial charge < -0.3 is 9.47 Å². The molecule has 0 aliphatic rings. The highest BCUT2D eigenvalue weighted by Crippen LogP contribution is 2.19. The first kappa shape index (κ1) is 21.8. The second-order valence-electron chi connectivity index (χ2n) is 4.35. The van der Waals surface area contributed by atoms with E-state index in [0.29, 0.717) is 19.1 Å². The molecule has 0 bridgehead atoms. The summed E-state index contributed by atoms with van der Waals surface area (Å²) in [6.07, 6.45) is 1.78. The molecule has 0 aliphatic heterocycles. The van der Waals surface area contributed by atoms with Crippen LogP contribution in [0.15, 0.2) is 48.7 Å². The Labute approximate surface area is 145 Å². The van der Waals surface area contributed by atoms with Gasteiger partial charge in [-0.05, 0) is 18.6 Å². The van der Waals surface area contributed by atoms with E-state index >= 15 is 0 Å². The lowest BCUT2D eigenvalue weighted by Gasteiger charge is -2.06. The molecule has 0 amide bonds. The number of carbonyl (C=O) groups is 1. The summed E-state index contributed by atoms with van der Waals surface area (Å²) in [5.74, 6) is 0.562. The molecule has 0 radical (unpaired) electrons. The lowest BCUT2D eigenvalue weighted by molar-refractivity contribution is -0.121. The zero-order valence-corrected chi connectivity index (χ0v) is 15.4. The predicted molar refractivity (Wildman–Crippen MR) is 99.4 cm³/mol. The van der Waals surface area contributed by atoms with Crippen LogP contribution in [0, 0.1) is 0 Å². The van der Waals surface area contributed by atoms with Gasteiger partial charge in [0.2, 0.25) is 5.88 Å². The molecule has 0 spiro atoms. The predicted octanol–water partition coefficient (Wildman–Crippen LogP) is 4.79. The fourth-order valence-electron chi connectivity index (χ4n) is 1.69. The molecule has 0 atom stereocenters. The molecule has 132 valence electrons. The minimum Gasteiger partial charge on any atom is -0.475 e. The van der Waals surface area contributed by atoms with Crippen LogP contribution in [0.2, 0.25) is 0 Å². The summed E-state index contributed by atoms with van der Waals surface area (Å²) in [4.78, 5) is 14.9. The average molecular weight is 331 g/mol. The first-order valence-corrected chi connectivity index (χ1v) is 8.47. The standard InChI is InChI=1S/C16H17NO3.2C2H6/c1-13(18)12-19-9-10-20-16-8-7-15(11-17-16)14-5-3-2-4-6-14;2*1-2/h2-8,11H,9-10,12H2,1H3;2*1-2H3. The van der Waals surface area contributed by atoms with Gasteiger partial charge in [-0.3, -0.25) is 4.79 Å². The smallest absolute Gasteiger partial charge is 0.213 e. The van der Waals surface area contributed by atoms with Crippen molar-refractivity contribution in [1.29, 1.82) is 0 Å². The van der Waals surface area contributed by atoms with E-state index in [1.807, 2.05) is 70.2 Å². The number of rotatable bonds is 7. The normalized spacial score (nSPS) is 9.04. The van der Waals surface area contributed by atoms with Crippen LogP contribution in [0.5, 0.6) is 5.88 Å². The number of pyridine rings is 1. The molecular formula is C20H29NO3. The van der Waals surface area contributed by atoms with E-state index in [-0.39, 0.29) is 12.4 Å². The highest BCUT2D eigenvalue weighted by molar-refractivity contribution is 5.76. The molecule has 0 saturated carbocycles. The van der Waals surface area contributed by atoms with Gasteiger partial charge in [-0.15, -0.1) is 0 Å². The average Bonchev–Trinajstić information content (AvgIpc) is 2.66. The van der Waals surface area contributed by atoms with Crippen molar-refractivity contribution in [1.82, 2.24) is 4.98 Å². The number of hydrogen-bond acceptors (Lipinski definition) is 4. The number of aromatic nitrogens is 1. The first-order chi connectivity index (χ1) is 11.8. The Morgan fingerprint density at radius 3 is 2.12 bits per heavy atom. The van der Waals surface area contributed by atoms with Gasteiger partial charge in [0.25, 0.3) is 0 Å². The second-order valence-corrected chi connectivity index (χ2v) is 4.35. The van der Waals surface area contributed by atoms with Crippen LogP contribution in [-0.4, -0.2) is 30.6 Å². The summed E-state index contributed by atoms with van der Waals surface area (Å²) < 4.78 is 10.5. The van der Waals surface area contributed by atoms with Gasteiger partial charge in [0, 0.05) is 17.8 Å². The maximum absolute atomic E-state index is 10.7. The van der Waals surface area contributed by atoms with Crippen molar-refractivity contribution < 1.29 is 14.3 Å². The third-order valence-corrected chi connectivity index (χ3v) is 2.63. The Morgan fingerprint density at radius 2 is 1.58 bits per heavy atom. The molecular weight excluding hydrogens is 302 g/mol. The van der Waals surface area contributed by atoms with Crippen LogP contribution >= 0.6 is 0 Å². The minimum absolute atomic E-state index is 0.00957. The number of nitrogens with zero attached hydrogens (tertiary/aromatic N) is 1. The van der Waals surface area contributed by atoms with Crippen LogP contribution < -0.4 is 4.74 Å². The summed E-state index contributed by atoms with van der Waals surface area (Å²) in [6.45, 7) is 10.4. The summed E-state index contributed by atoms with van der Waals surface area (Å²) in [5, 5.41) is 0. The minimum atomic E-state index is 0.00957. The maximum Gasteiger partial charge on any atom is 0.213 e. The number of hydrogen-bond donors (Lipinski definition) is 0. The summed E-state index contributed by atoms with van der Waals surface area (Å²) >= 11 is 0. The molecule has 1 aromatic carbocycles. The van der Waals surface area contributed by atoms with E-state index in [4.69, 9.17) is 9.47 Å². The Kier molecular flexibility index (Phi) is 13.1. The van der Waals surface area contributed by atoms with Crippen molar-refractivity contribution in [3.05, 3.63) is 48.7 Å². The zero-order chi connectivity index (χ0) is 18.2. The SMILES string of the molecule is CC.CC.CC(=O)COCCOc1ccc(-c2ccccc2)cn1. The van der Waals surface area contributed by atoms with Gasteiger partial charge in [0.1, 0.15) is 13.2 Å². The van der Waals surface area contributed by atoms with Gasteiger partial charge in [-0.2, -0.15) is 0 Å². The molecule has 0 aliphatic carbocycles. The molecule has 0 N–H and O–H groups in total. The van der Waals surface area contributed by atoms with Gasteiger partial charge in [0.15, 0.2) is 5.78 Å². The second kappa shape index (κ2) is 14.4. The lowest BCUT2D eigenvalue weighted by Crippen LogP contribution is -2.11.